The van der Waals surface area contributed by atoms with E-state index >= 15 is 0 Å². The molecular weight excluding hydrogens is 362 g/mol. The predicted octanol–water partition coefficient (Wildman–Crippen LogP) is 0.954. The van der Waals surface area contributed by atoms with Crippen LogP contribution in [-0.4, -0.2) is 53.9 Å². The van der Waals surface area contributed by atoms with Crippen molar-refractivity contribution in [1.29, 1.82) is 0 Å². The fraction of sp³-hybridized carbons (Fsp3) is 0.650. The second-order valence-electron chi connectivity index (χ2n) is 7.45. The normalized spacial score (nSPS) is 15.7. The van der Waals surface area contributed by atoms with E-state index in [4.69, 9.17) is 0 Å². The molecule has 1 heterocycles. The molecule has 0 aromatic heterocycles. The number of amides is 4. The first-order valence-corrected chi connectivity index (χ1v) is 9.74. The molecule has 2 atom stereocenters. The molecule has 0 aromatic carbocycles. The van der Waals surface area contributed by atoms with Crippen molar-refractivity contribution in [2.75, 3.05) is 13.6 Å². The lowest BCUT2D eigenvalue weighted by Crippen LogP contribution is -2.45. The van der Waals surface area contributed by atoms with Gasteiger partial charge >= 0.3 is 0 Å². The number of rotatable bonds is 12. The van der Waals surface area contributed by atoms with Crippen LogP contribution in [0.2, 0.25) is 0 Å². The van der Waals surface area contributed by atoms with Crippen LogP contribution in [0.1, 0.15) is 52.9 Å². The highest BCUT2D eigenvalue weighted by Crippen LogP contribution is 2.12. The standard InChI is InChI=1S/C20H31N3O5/c1-13(2)19(15(24)12-14(3)20(28)21-4)22-16(25)8-6-5-7-11-23-17(26)9-10-18(23)27/h9-10,13-14,19H,5-8,11-12H2,1-4H3,(H,21,28)(H,22,25)/t14-,19?/m1/s1. The molecule has 0 fully saturated rings. The molecule has 0 radical (unpaired) electrons. The van der Waals surface area contributed by atoms with E-state index in [-0.39, 0.29) is 48.2 Å². The molecule has 4 amide bonds. The summed E-state index contributed by atoms with van der Waals surface area (Å²) in [6.07, 6.45) is 4.77. The van der Waals surface area contributed by atoms with Crippen molar-refractivity contribution in [3.8, 4) is 0 Å². The van der Waals surface area contributed by atoms with Gasteiger partial charge in [0.05, 0.1) is 6.04 Å². The van der Waals surface area contributed by atoms with E-state index in [0.29, 0.717) is 25.8 Å². The number of imide groups is 1. The molecule has 28 heavy (non-hydrogen) atoms. The maximum atomic E-state index is 12.5. The van der Waals surface area contributed by atoms with Gasteiger partial charge in [0.15, 0.2) is 5.78 Å². The summed E-state index contributed by atoms with van der Waals surface area (Å²) in [6.45, 7) is 5.73. The Morgan fingerprint density at radius 3 is 2.14 bits per heavy atom. The summed E-state index contributed by atoms with van der Waals surface area (Å²) >= 11 is 0. The van der Waals surface area contributed by atoms with Crippen LogP contribution in [0.25, 0.3) is 0 Å². The van der Waals surface area contributed by atoms with Gasteiger partial charge in [-0.3, -0.25) is 28.9 Å². The summed E-state index contributed by atoms with van der Waals surface area (Å²) < 4.78 is 0. The van der Waals surface area contributed by atoms with Gasteiger partial charge in [0, 0.05) is 44.5 Å². The largest absolute Gasteiger partial charge is 0.359 e. The number of carbonyl (C=O) groups is 5. The number of hydrogen-bond acceptors (Lipinski definition) is 5. The Bertz CT molecular complexity index is 624. The average Bonchev–Trinajstić information content (AvgIpc) is 2.96. The zero-order chi connectivity index (χ0) is 21.3. The summed E-state index contributed by atoms with van der Waals surface area (Å²) in [4.78, 5) is 60.3. The van der Waals surface area contributed by atoms with E-state index in [1.54, 1.807) is 6.92 Å². The molecule has 156 valence electrons. The van der Waals surface area contributed by atoms with E-state index in [1.807, 2.05) is 13.8 Å². The number of nitrogens with one attached hydrogen (secondary N) is 2. The van der Waals surface area contributed by atoms with Crippen LogP contribution in [0.3, 0.4) is 0 Å². The molecule has 0 aromatic rings. The zero-order valence-electron chi connectivity index (χ0n) is 17.1. The van der Waals surface area contributed by atoms with Crippen molar-refractivity contribution in [3.63, 3.8) is 0 Å². The lowest BCUT2D eigenvalue weighted by atomic mass is 9.92. The monoisotopic (exact) mass is 393 g/mol. The third kappa shape index (κ3) is 7.25. The van der Waals surface area contributed by atoms with Crippen LogP contribution in [-0.2, 0) is 24.0 Å². The maximum absolute atomic E-state index is 12.5. The van der Waals surface area contributed by atoms with E-state index in [9.17, 15) is 24.0 Å². The number of ketones is 1. The Morgan fingerprint density at radius 1 is 1.00 bits per heavy atom. The second kappa shape index (κ2) is 11.4. The molecule has 0 aliphatic carbocycles. The molecule has 0 saturated heterocycles. The van der Waals surface area contributed by atoms with Crippen molar-refractivity contribution in [3.05, 3.63) is 12.2 Å². The van der Waals surface area contributed by atoms with E-state index < -0.39 is 12.0 Å². The Kier molecular flexibility index (Phi) is 9.55. The smallest absolute Gasteiger partial charge is 0.253 e. The topological polar surface area (TPSA) is 113 Å². The Labute approximate surface area is 166 Å². The highest BCUT2D eigenvalue weighted by atomic mass is 16.2. The van der Waals surface area contributed by atoms with Crippen LogP contribution in [0.15, 0.2) is 12.2 Å². The lowest BCUT2D eigenvalue weighted by Gasteiger charge is -2.22. The first-order valence-electron chi connectivity index (χ1n) is 9.74. The molecule has 2 N–H and O–H groups in total. The average molecular weight is 393 g/mol. The van der Waals surface area contributed by atoms with Crippen molar-refractivity contribution in [2.45, 2.75) is 58.9 Å². The minimum absolute atomic E-state index is 0.0759. The molecular formula is C20H31N3O5. The number of unbranched alkanes of at least 4 members (excludes halogenated alkanes) is 2. The second-order valence-corrected chi connectivity index (χ2v) is 7.45. The van der Waals surface area contributed by atoms with Gasteiger partial charge in [-0.15, -0.1) is 0 Å². The third-order valence-electron chi connectivity index (χ3n) is 4.72. The van der Waals surface area contributed by atoms with Gasteiger partial charge < -0.3 is 10.6 Å². The van der Waals surface area contributed by atoms with Gasteiger partial charge in [0.2, 0.25) is 11.8 Å². The van der Waals surface area contributed by atoms with Crippen LogP contribution in [0, 0.1) is 11.8 Å². The van der Waals surface area contributed by atoms with E-state index in [1.165, 1.54) is 24.1 Å². The summed E-state index contributed by atoms with van der Waals surface area (Å²) in [5.41, 5.74) is 0. The van der Waals surface area contributed by atoms with Crippen LogP contribution in [0.5, 0.6) is 0 Å². The van der Waals surface area contributed by atoms with Gasteiger partial charge in [0.25, 0.3) is 11.8 Å². The molecule has 0 bridgehead atoms. The quantitative estimate of drug-likeness (QED) is 0.379. The van der Waals surface area contributed by atoms with Crippen molar-refractivity contribution >= 4 is 29.4 Å². The predicted molar refractivity (Wildman–Crippen MR) is 104 cm³/mol. The van der Waals surface area contributed by atoms with Gasteiger partial charge in [-0.25, -0.2) is 0 Å². The maximum Gasteiger partial charge on any atom is 0.253 e. The molecule has 0 spiro atoms. The molecule has 1 aliphatic heterocycles. The fourth-order valence-corrected chi connectivity index (χ4v) is 3.02. The molecule has 8 heteroatoms. The first kappa shape index (κ1) is 23.5. The lowest BCUT2D eigenvalue weighted by molar-refractivity contribution is -0.137. The number of nitrogens with zero attached hydrogens (tertiary/aromatic N) is 1. The summed E-state index contributed by atoms with van der Waals surface area (Å²) in [7, 11) is 1.52. The van der Waals surface area contributed by atoms with Gasteiger partial charge in [-0.2, -0.15) is 0 Å². The third-order valence-corrected chi connectivity index (χ3v) is 4.72. The molecule has 1 aliphatic rings. The highest BCUT2D eigenvalue weighted by molar-refractivity contribution is 6.12. The van der Waals surface area contributed by atoms with E-state index in [0.717, 1.165) is 0 Å². The summed E-state index contributed by atoms with van der Waals surface area (Å²) in [5, 5.41) is 5.29. The zero-order valence-corrected chi connectivity index (χ0v) is 17.1. The molecule has 1 rings (SSSR count). The van der Waals surface area contributed by atoms with Crippen molar-refractivity contribution < 1.29 is 24.0 Å². The van der Waals surface area contributed by atoms with Crippen molar-refractivity contribution in [1.82, 2.24) is 15.5 Å². The molecule has 0 saturated carbocycles. The first-order chi connectivity index (χ1) is 13.2. The summed E-state index contributed by atoms with van der Waals surface area (Å²) in [5.74, 6) is -1.69. The fourth-order valence-electron chi connectivity index (χ4n) is 3.02. The Balaban J connectivity index is 2.35. The summed E-state index contributed by atoms with van der Waals surface area (Å²) in [6, 6.07) is -0.620. The van der Waals surface area contributed by atoms with Crippen molar-refractivity contribution in [2.24, 2.45) is 11.8 Å². The highest BCUT2D eigenvalue weighted by Gasteiger charge is 2.27. The van der Waals surface area contributed by atoms with Crippen LogP contribution < -0.4 is 10.6 Å². The van der Waals surface area contributed by atoms with Crippen LogP contribution >= 0.6 is 0 Å². The number of Topliss-reactive ketones (excluding diaryl/α,β-unsaturated/α-hetero) is 1. The van der Waals surface area contributed by atoms with Gasteiger partial charge in [-0.05, 0) is 18.8 Å². The van der Waals surface area contributed by atoms with E-state index in [2.05, 4.69) is 10.6 Å². The molecule has 1 unspecified atom stereocenters. The number of hydrogen-bond donors (Lipinski definition) is 2. The Morgan fingerprint density at radius 2 is 1.61 bits per heavy atom. The van der Waals surface area contributed by atoms with Gasteiger partial charge in [-0.1, -0.05) is 27.2 Å². The molecule has 8 nitrogen and oxygen atoms in total. The number of carbonyl (C=O) groups excluding carboxylic acids is 5. The van der Waals surface area contributed by atoms with Crippen LogP contribution in [0.4, 0.5) is 0 Å². The minimum Gasteiger partial charge on any atom is -0.359 e. The van der Waals surface area contributed by atoms with Gasteiger partial charge in [0.1, 0.15) is 0 Å². The Hall–Kier alpha value is -2.51. The minimum atomic E-state index is -0.620. The SMILES string of the molecule is CNC(=O)[C@H](C)CC(=O)C(NC(=O)CCCCCN1C(=O)C=CC1=O)C(C)C.